The number of anilines is 1. The van der Waals surface area contributed by atoms with Crippen LogP contribution < -0.4 is 5.32 Å². The summed E-state index contributed by atoms with van der Waals surface area (Å²) in [5, 5.41) is 13.3. The highest BCUT2D eigenvalue weighted by Crippen LogP contribution is 2.26. The summed E-state index contributed by atoms with van der Waals surface area (Å²) in [6, 6.07) is 7.75. The van der Waals surface area contributed by atoms with Gasteiger partial charge in [0, 0.05) is 11.9 Å². The average Bonchev–Trinajstić information content (AvgIpc) is 2.72. The molecule has 0 aliphatic carbocycles. The first kappa shape index (κ1) is 12.5. The minimum atomic E-state index is -0.777. The fourth-order valence-electron chi connectivity index (χ4n) is 1.73. The van der Waals surface area contributed by atoms with E-state index in [4.69, 9.17) is 9.52 Å². The Kier molecular flexibility index (Phi) is 3.28. The molecule has 0 spiro atoms. The van der Waals surface area contributed by atoms with Gasteiger partial charge in [0.05, 0.1) is 11.1 Å². The molecule has 0 unspecified atom stereocenters. The highest BCUT2D eigenvalue weighted by Gasteiger charge is 2.26. The molecule has 0 fully saturated rings. The zero-order valence-corrected chi connectivity index (χ0v) is 10.6. The minimum absolute atomic E-state index is 0.557. The fraction of sp³-hybridized carbons (Fsp3) is 0.357. The molecule has 0 saturated carbocycles. The summed E-state index contributed by atoms with van der Waals surface area (Å²) in [6.07, 6.45) is 2.22. The van der Waals surface area contributed by atoms with Crippen molar-refractivity contribution in [2.75, 3.05) is 11.9 Å². The number of para-hydroxylation sites is 1. The van der Waals surface area contributed by atoms with Gasteiger partial charge in [-0.1, -0.05) is 12.1 Å². The van der Waals surface area contributed by atoms with Gasteiger partial charge in [-0.3, -0.25) is 4.79 Å². The lowest BCUT2D eigenvalue weighted by atomic mass is 9.90. The highest BCUT2D eigenvalue weighted by molar-refractivity contribution is 5.90. The van der Waals surface area contributed by atoms with Gasteiger partial charge >= 0.3 is 5.97 Å². The van der Waals surface area contributed by atoms with Crippen molar-refractivity contribution in [3.63, 3.8) is 0 Å². The summed E-state index contributed by atoms with van der Waals surface area (Å²) in [4.78, 5) is 11.0. The first-order chi connectivity index (χ1) is 8.50. The Morgan fingerprint density at radius 2 is 2.11 bits per heavy atom. The van der Waals surface area contributed by atoms with Crippen molar-refractivity contribution in [1.29, 1.82) is 0 Å². The molecule has 0 atom stereocenters. The van der Waals surface area contributed by atoms with Crippen LogP contribution >= 0.6 is 0 Å². The number of fused-ring (bicyclic) bond motifs is 1. The Morgan fingerprint density at radius 1 is 1.39 bits per heavy atom. The molecule has 4 heteroatoms. The van der Waals surface area contributed by atoms with Crippen molar-refractivity contribution in [3.05, 3.63) is 30.5 Å². The molecule has 4 nitrogen and oxygen atoms in total. The summed E-state index contributed by atoms with van der Waals surface area (Å²) in [6.45, 7) is 4.05. The van der Waals surface area contributed by atoms with Gasteiger partial charge in [0.25, 0.3) is 0 Å². The van der Waals surface area contributed by atoms with E-state index < -0.39 is 11.4 Å². The van der Waals surface area contributed by atoms with Crippen LogP contribution in [-0.4, -0.2) is 17.6 Å². The normalized spacial score (nSPS) is 11.7. The topological polar surface area (TPSA) is 62.5 Å². The summed E-state index contributed by atoms with van der Waals surface area (Å²) < 4.78 is 5.40. The molecule has 0 amide bonds. The van der Waals surface area contributed by atoms with E-state index in [0.717, 1.165) is 16.7 Å². The number of carboxylic acids is 1. The number of rotatable bonds is 5. The second-order valence-corrected chi connectivity index (χ2v) is 5.01. The number of hydrogen-bond acceptors (Lipinski definition) is 3. The van der Waals surface area contributed by atoms with Crippen LogP contribution in [0.4, 0.5) is 5.69 Å². The van der Waals surface area contributed by atoms with E-state index in [9.17, 15) is 4.79 Å². The molecule has 0 radical (unpaired) electrons. The third-order valence-electron chi connectivity index (χ3n) is 3.13. The van der Waals surface area contributed by atoms with E-state index in [1.54, 1.807) is 20.1 Å². The van der Waals surface area contributed by atoms with E-state index >= 15 is 0 Å². The van der Waals surface area contributed by atoms with Crippen molar-refractivity contribution in [2.24, 2.45) is 5.41 Å². The van der Waals surface area contributed by atoms with Crippen LogP contribution in [0.3, 0.4) is 0 Å². The number of nitrogens with one attached hydrogen (secondary N) is 1. The lowest BCUT2D eigenvalue weighted by Crippen LogP contribution is -2.26. The SMILES string of the molecule is CC(C)(CCNc1coc2ccccc12)C(=O)O. The van der Waals surface area contributed by atoms with Crippen molar-refractivity contribution >= 4 is 22.6 Å². The molecular weight excluding hydrogens is 230 g/mol. The van der Waals surface area contributed by atoms with E-state index in [1.807, 2.05) is 24.3 Å². The Bertz CT molecular complexity index is 557. The molecule has 1 aromatic heterocycles. The van der Waals surface area contributed by atoms with E-state index in [2.05, 4.69) is 5.32 Å². The monoisotopic (exact) mass is 247 g/mol. The summed E-state index contributed by atoms with van der Waals surface area (Å²) in [7, 11) is 0. The van der Waals surface area contributed by atoms with Gasteiger partial charge in [-0.15, -0.1) is 0 Å². The summed E-state index contributed by atoms with van der Waals surface area (Å²) in [5.74, 6) is -0.777. The van der Waals surface area contributed by atoms with Crippen molar-refractivity contribution in [3.8, 4) is 0 Å². The Labute approximate surface area is 106 Å². The number of hydrogen-bond donors (Lipinski definition) is 2. The van der Waals surface area contributed by atoms with Gasteiger partial charge in [-0.05, 0) is 32.4 Å². The molecule has 96 valence electrons. The van der Waals surface area contributed by atoms with Crippen LogP contribution in [0.5, 0.6) is 0 Å². The molecule has 0 aliphatic rings. The van der Waals surface area contributed by atoms with Crippen molar-refractivity contribution in [1.82, 2.24) is 0 Å². The minimum Gasteiger partial charge on any atom is -0.481 e. The maximum absolute atomic E-state index is 11.0. The van der Waals surface area contributed by atoms with E-state index in [1.165, 1.54) is 0 Å². The zero-order valence-electron chi connectivity index (χ0n) is 10.6. The van der Waals surface area contributed by atoms with Crippen molar-refractivity contribution < 1.29 is 14.3 Å². The lowest BCUT2D eigenvalue weighted by Gasteiger charge is -2.18. The molecule has 0 bridgehead atoms. The molecular formula is C14H17NO3. The zero-order chi connectivity index (χ0) is 13.2. The predicted molar refractivity (Wildman–Crippen MR) is 70.7 cm³/mol. The molecule has 18 heavy (non-hydrogen) atoms. The molecule has 2 rings (SSSR count). The quantitative estimate of drug-likeness (QED) is 0.850. The number of benzene rings is 1. The predicted octanol–water partition coefficient (Wildman–Crippen LogP) is 3.35. The highest BCUT2D eigenvalue weighted by atomic mass is 16.4. The summed E-state index contributed by atoms with van der Waals surface area (Å²) >= 11 is 0. The maximum Gasteiger partial charge on any atom is 0.309 e. The van der Waals surface area contributed by atoms with Gasteiger partial charge in [-0.2, -0.15) is 0 Å². The Hall–Kier alpha value is -1.97. The van der Waals surface area contributed by atoms with Crippen LogP contribution in [0.25, 0.3) is 11.0 Å². The Balaban J connectivity index is 2.01. The first-order valence-electron chi connectivity index (χ1n) is 5.94. The molecule has 1 aromatic carbocycles. The number of carboxylic acid groups (broad SMARTS) is 1. The molecule has 2 aromatic rings. The molecule has 2 N–H and O–H groups in total. The molecule has 0 saturated heterocycles. The Morgan fingerprint density at radius 3 is 2.83 bits per heavy atom. The molecule has 1 heterocycles. The van der Waals surface area contributed by atoms with Gasteiger partial charge in [-0.25, -0.2) is 0 Å². The number of furan rings is 1. The van der Waals surface area contributed by atoms with Gasteiger partial charge in [0.2, 0.25) is 0 Å². The van der Waals surface area contributed by atoms with Crippen LogP contribution in [0.2, 0.25) is 0 Å². The maximum atomic E-state index is 11.0. The van der Waals surface area contributed by atoms with Crippen LogP contribution in [-0.2, 0) is 4.79 Å². The molecule has 0 aliphatic heterocycles. The number of carbonyl (C=O) groups is 1. The third kappa shape index (κ3) is 2.47. The average molecular weight is 247 g/mol. The first-order valence-corrected chi connectivity index (χ1v) is 5.94. The smallest absolute Gasteiger partial charge is 0.309 e. The van der Waals surface area contributed by atoms with E-state index in [0.29, 0.717) is 13.0 Å². The van der Waals surface area contributed by atoms with Crippen LogP contribution in [0.15, 0.2) is 34.9 Å². The second-order valence-electron chi connectivity index (χ2n) is 5.01. The third-order valence-corrected chi connectivity index (χ3v) is 3.13. The van der Waals surface area contributed by atoms with E-state index in [-0.39, 0.29) is 0 Å². The lowest BCUT2D eigenvalue weighted by molar-refractivity contribution is -0.147. The summed E-state index contributed by atoms with van der Waals surface area (Å²) in [5.41, 5.74) is 1.02. The van der Waals surface area contributed by atoms with Crippen LogP contribution in [0, 0.1) is 5.41 Å². The van der Waals surface area contributed by atoms with Crippen LogP contribution in [0.1, 0.15) is 20.3 Å². The van der Waals surface area contributed by atoms with Gasteiger partial charge in [0.1, 0.15) is 11.8 Å². The standard InChI is InChI=1S/C14H17NO3/c1-14(2,13(16)17)7-8-15-11-9-18-12-6-4-3-5-10(11)12/h3-6,9,15H,7-8H2,1-2H3,(H,16,17). The largest absolute Gasteiger partial charge is 0.481 e. The number of aliphatic carboxylic acids is 1. The fourth-order valence-corrected chi connectivity index (χ4v) is 1.73. The van der Waals surface area contributed by atoms with Crippen molar-refractivity contribution in [2.45, 2.75) is 20.3 Å². The second kappa shape index (κ2) is 4.72. The van der Waals surface area contributed by atoms with Gasteiger partial charge < -0.3 is 14.8 Å². The van der Waals surface area contributed by atoms with Gasteiger partial charge in [0.15, 0.2) is 0 Å².